The van der Waals surface area contributed by atoms with Gasteiger partial charge < -0.3 is 34.7 Å². The molecule has 4 aliphatic rings. The van der Waals surface area contributed by atoms with Crippen LogP contribution in [0, 0.1) is 12.3 Å². The summed E-state index contributed by atoms with van der Waals surface area (Å²) in [6.45, 7) is 17.7. The summed E-state index contributed by atoms with van der Waals surface area (Å²) in [5.74, 6) is -0.0728. The van der Waals surface area contributed by atoms with E-state index in [0.717, 1.165) is 69.8 Å². The number of aryl methyl sites for hydroxylation is 2. The molecular formula is C48H57N11O4. The zero-order valence-corrected chi connectivity index (χ0v) is 36.9. The van der Waals surface area contributed by atoms with Gasteiger partial charge in [-0.2, -0.15) is 0 Å². The lowest BCUT2D eigenvalue weighted by Gasteiger charge is -2.47. The van der Waals surface area contributed by atoms with E-state index < -0.39 is 6.61 Å². The molecule has 0 bridgehead atoms. The number of hydrogen-bond acceptors (Lipinski definition) is 11. The van der Waals surface area contributed by atoms with Crippen LogP contribution in [0.5, 0.6) is 0 Å². The van der Waals surface area contributed by atoms with Crippen molar-refractivity contribution in [1.82, 2.24) is 29.0 Å². The third-order valence-corrected chi connectivity index (χ3v) is 13.3. The predicted octanol–water partition coefficient (Wildman–Crippen LogP) is 5.67. The second-order valence-corrected chi connectivity index (χ2v) is 18.3. The number of nitrogens with zero attached hydrogens (tertiary/aromatic N) is 9. The number of hydrogen-bond donors (Lipinski definition) is 3. The van der Waals surface area contributed by atoms with Crippen molar-refractivity contribution in [3.8, 4) is 11.3 Å². The molecule has 9 rings (SSSR count). The lowest BCUT2D eigenvalue weighted by molar-refractivity contribution is -0.111. The normalized spacial score (nSPS) is 18.9. The Morgan fingerprint density at radius 2 is 1.78 bits per heavy atom. The summed E-state index contributed by atoms with van der Waals surface area (Å²) in [5.41, 5.74) is 8.61. The van der Waals surface area contributed by atoms with Crippen LogP contribution >= 0.6 is 0 Å². The third kappa shape index (κ3) is 8.11. The summed E-state index contributed by atoms with van der Waals surface area (Å²) in [7, 11) is 1.65. The van der Waals surface area contributed by atoms with Crippen LogP contribution in [0.15, 0.2) is 78.5 Å². The second kappa shape index (κ2) is 16.8. The number of aromatic nitrogens is 5. The number of piperidine rings is 1. The lowest BCUT2D eigenvalue weighted by Crippen LogP contribution is -2.57. The van der Waals surface area contributed by atoms with Gasteiger partial charge in [0.15, 0.2) is 5.82 Å². The van der Waals surface area contributed by atoms with E-state index in [1.807, 2.05) is 37.4 Å². The number of nitrogens with one attached hydrogen (secondary N) is 2. The van der Waals surface area contributed by atoms with Crippen LogP contribution in [0.4, 0.5) is 34.4 Å². The van der Waals surface area contributed by atoms with Crippen LogP contribution in [0.3, 0.4) is 0 Å². The Hall–Kier alpha value is -6.32. The average molecular weight is 852 g/mol. The molecule has 2 saturated heterocycles. The second-order valence-electron chi connectivity index (χ2n) is 18.3. The first-order valence-corrected chi connectivity index (χ1v) is 22.0. The lowest BCUT2D eigenvalue weighted by atomic mass is 9.90. The molecule has 4 aromatic heterocycles. The molecule has 328 valence electrons. The molecule has 2 fully saturated rings. The van der Waals surface area contributed by atoms with Crippen LogP contribution in [0.2, 0.25) is 0 Å². The van der Waals surface area contributed by atoms with Crippen molar-refractivity contribution in [2.75, 3.05) is 64.6 Å². The molecule has 5 aromatic rings. The van der Waals surface area contributed by atoms with E-state index in [1.165, 1.54) is 27.6 Å². The van der Waals surface area contributed by atoms with Crippen LogP contribution in [0.25, 0.3) is 11.3 Å². The summed E-state index contributed by atoms with van der Waals surface area (Å²) in [6, 6.07) is 14.4. The fourth-order valence-electron chi connectivity index (χ4n) is 10.2. The SMILES string of the molecule is C=CC(=O)Nc1cc(Nc2nc(-c3ccnc(N4CCn5c(cc6c5CC(C)(C)C6)C4=O)c3CO)cn(C)c2=O)ccc1N1CCN(C2CCN(c3ccnc(C)c3)CC2)C[C@@H]1C. The molecule has 0 saturated carbocycles. The summed E-state index contributed by atoms with van der Waals surface area (Å²) in [6.07, 6.45) is 10.4. The van der Waals surface area contributed by atoms with Gasteiger partial charge in [0.05, 0.1) is 23.7 Å². The highest BCUT2D eigenvalue weighted by molar-refractivity contribution is 6.06. The Morgan fingerprint density at radius 1 is 0.984 bits per heavy atom. The van der Waals surface area contributed by atoms with Gasteiger partial charge in [-0.1, -0.05) is 20.4 Å². The molecule has 0 spiro atoms. The monoisotopic (exact) mass is 851 g/mol. The molecule has 15 heteroatoms. The van der Waals surface area contributed by atoms with Crippen molar-refractivity contribution >= 4 is 46.2 Å². The van der Waals surface area contributed by atoms with Crippen LogP contribution in [-0.2, 0) is 37.8 Å². The third-order valence-electron chi connectivity index (χ3n) is 13.3. The van der Waals surface area contributed by atoms with Gasteiger partial charge in [-0.15, -0.1) is 0 Å². The topological polar surface area (TPSA) is 157 Å². The summed E-state index contributed by atoms with van der Waals surface area (Å²) in [4.78, 5) is 63.3. The van der Waals surface area contributed by atoms with E-state index >= 15 is 0 Å². The molecule has 63 heavy (non-hydrogen) atoms. The fraction of sp³-hybridized carbons (Fsp3) is 0.417. The molecule has 15 nitrogen and oxygen atoms in total. The zero-order valence-electron chi connectivity index (χ0n) is 36.9. The minimum atomic E-state index is -0.396. The largest absolute Gasteiger partial charge is 0.392 e. The van der Waals surface area contributed by atoms with Crippen molar-refractivity contribution in [1.29, 1.82) is 0 Å². The van der Waals surface area contributed by atoms with Gasteiger partial charge in [-0.05, 0) is 99.0 Å². The maximum Gasteiger partial charge on any atom is 0.293 e. The molecular weight excluding hydrogens is 795 g/mol. The van der Waals surface area contributed by atoms with Gasteiger partial charge in [0, 0.05) is 117 Å². The summed E-state index contributed by atoms with van der Waals surface area (Å²) >= 11 is 0. The Labute approximate surface area is 368 Å². The van der Waals surface area contributed by atoms with Gasteiger partial charge in [0.1, 0.15) is 11.5 Å². The fourth-order valence-corrected chi connectivity index (χ4v) is 10.2. The standard InChI is InChI=1S/C48H57N11O4/c1-7-43(61)52-38-24-33(8-9-40(38)57-19-18-56(27-31(57)3)34-12-16-55(17-13-34)35-10-14-49-30(2)22-35)51-44-47(63)54(6)28-39(53-44)36-11-15-50-45(37(36)29-60)59-21-20-58-41(46(59)62)23-32-25-48(4,5)26-42(32)58/h7-11,14-15,22-24,28,31,34,60H,1,12-13,16-21,25-27,29H2,2-6H3,(H,51,53)(H,52,61)/t31-/m0/s1. The van der Waals surface area contributed by atoms with E-state index in [2.05, 4.69) is 79.4 Å². The van der Waals surface area contributed by atoms with Crippen molar-refractivity contribution in [3.63, 3.8) is 0 Å². The number of pyridine rings is 2. The Kier molecular flexibility index (Phi) is 11.2. The number of amides is 2. The molecule has 1 aromatic carbocycles. The Morgan fingerprint density at radius 3 is 2.52 bits per heavy atom. The number of rotatable bonds is 10. The highest BCUT2D eigenvalue weighted by Crippen LogP contribution is 2.40. The first kappa shape index (κ1) is 42.0. The van der Waals surface area contributed by atoms with Gasteiger partial charge in [0.25, 0.3) is 11.5 Å². The maximum atomic E-state index is 14.0. The smallest absolute Gasteiger partial charge is 0.293 e. The maximum absolute atomic E-state index is 14.0. The number of anilines is 6. The summed E-state index contributed by atoms with van der Waals surface area (Å²) < 4.78 is 3.59. The number of piperazine rings is 1. The van der Waals surface area contributed by atoms with E-state index in [4.69, 9.17) is 4.98 Å². The molecule has 0 radical (unpaired) electrons. The number of aliphatic hydroxyl groups is 1. The number of carbonyl (C=O) groups is 2. The number of fused-ring (bicyclic) bond motifs is 3. The van der Waals surface area contributed by atoms with E-state index in [9.17, 15) is 19.5 Å². The van der Waals surface area contributed by atoms with Crippen LogP contribution in [0.1, 0.15) is 66.6 Å². The minimum Gasteiger partial charge on any atom is -0.392 e. The summed E-state index contributed by atoms with van der Waals surface area (Å²) in [5, 5.41) is 17.0. The van der Waals surface area contributed by atoms with Crippen molar-refractivity contribution in [2.45, 2.75) is 78.6 Å². The molecule has 1 atom stereocenters. The quantitative estimate of drug-likeness (QED) is 0.149. The van der Waals surface area contributed by atoms with Crippen molar-refractivity contribution in [2.24, 2.45) is 12.5 Å². The number of carbonyl (C=O) groups excluding carboxylic acids is 2. The predicted molar refractivity (Wildman–Crippen MR) is 247 cm³/mol. The molecule has 2 amide bonds. The molecule has 0 unspecified atom stereocenters. The highest BCUT2D eigenvalue weighted by atomic mass is 16.3. The zero-order chi connectivity index (χ0) is 44.2. The average Bonchev–Trinajstić information content (AvgIpc) is 3.77. The van der Waals surface area contributed by atoms with Crippen molar-refractivity contribution in [3.05, 3.63) is 112 Å². The molecule has 3 N–H and O–H groups in total. The molecule has 1 aliphatic carbocycles. The Bertz CT molecular complexity index is 2660. The van der Waals surface area contributed by atoms with Gasteiger partial charge in [0.2, 0.25) is 5.91 Å². The number of benzene rings is 1. The van der Waals surface area contributed by atoms with Crippen LogP contribution in [-0.4, -0.2) is 97.3 Å². The number of aliphatic hydroxyl groups excluding tert-OH is 1. The highest BCUT2D eigenvalue weighted by Gasteiger charge is 2.38. The van der Waals surface area contributed by atoms with Crippen molar-refractivity contribution < 1.29 is 14.7 Å². The molecule has 7 heterocycles. The van der Waals surface area contributed by atoms with E-state index in [-0.39, 0.29) is 34.6 Å². The minimum absolute atomic E-state index is 0.0578. The Balaban J connectivity index is 0.936. The van der Waals surface area contributed by atoms with Gasteiger partial charge in [-0.3, -0.25) is 29.2 Å². The van der Waals surface area contributed by atoms with Gasteiger partial charge in [-0.25, -0.2) is 9.97 Å². The van der Waals surface area contributed by atoms with E-state index in [1.54, 1.807) is 30.4 Å². The van der Waals surface area contributed by atoms with Crippen LogP contribution < -0.4 is 30.9 Å². The van der Waals surface area contributed by atoms with E-state index in [0.29, 0.717) is 58.8 Å². The first-order chi connectivity index (χ1) is 30.3. The molecule has 3 aliphatic heterocycles. The van der Waals surface area contributed by atoms with Gasteiger partial charge >= 0.3 is 0 Å². The first-order valence-electron chi connectivity index (χ1n) is 22.0.